The summed E-state index contributed by atoms with van der Waals surface area (Å²) < 4.78 is 0. The molecular formula is C15H14N2O4S. The summed E-state index contributed by atoms with van der Waals surface area (Å²) in [6.45, 7) is 0.335. The van der Waals surface area contributed by atoms with E-state index in [0.29, 0.717) is 29.9 Å². The molecule has 0 bridgehead atoms. The van der Waals surface area contributed by atoms with Crippen LogP contribution in [0.4, 0.5) is 0 Å². The van der Waals surface area contributed by atoms with E-state index in [1.807, 2.05) is 6.07 Å². The molecule has 1 aromatic carbocycles. The molecule has 1 aromatic rings. The molecule has 0 saturated carbocycles. The van der Waals surface area contributed by atoms with Crippen LogP contribution in [-0.2, 0) is 9.59 Å². The molecule has 7 heteroatoms. The molecule has 3 rings (SSSR count). The minimum absolute atomic E-state index is 0.0696. The van der Waals surface area contributed by atoms with Crippen molar-refractivity contribution in [3.8, 4) is 0 Å². The molecule has 2 aliphatic rings. The Morgan fingerprint density at radius 2 is 2.05 bits per heavy atom. The number of rotatable bonds is 5. The van der Waals surface area contributed by atoms with Crippen molar-refractivity contribution in [2.24, 2.45) is 0 Å². The average molecular weight is 318 g/mol. The number of benzene rings is 1. The molecule has 0 unspecified atom stereocenters. The third kappa shape index (κ3) is 2.59. The fourth-order valence-electron chi connectivity index (χ4n) is 2.49. The van der Waals surface area contributed by atoms with Crippen LogP contribution in [0.2, 0.25) is 0 Å². The molecule has 2 N–H and O–H groups in total. The molecule has 1 atom stereocenters. The van der Waals surface area contributed by atoms with E-state index in [9.17, 15) is 19.5 Å². The minimum Gasteiger partial charge on any atom is -0.477 e. The summed E-state index contributed by atoms with van der Waals surface area (Å²) in [6, 6.07) is 8.82. The number of carbonyl (C=O) groups is 3. The van der Waals surface area contributed by atoms with Gasteiger partial charge in [-0.15, -0.1) is 11.8 Å². The number of amides is 2. The second-order valence-electron chi connectivity index (χ2n) is 4.99. The Balaban J connectivity index is 1.61. The highest BCUT2D eigenvalue weighted by Crippen LogP contribution is 2.47. The zero-order valence-corrected chi connectivity index (χ0v) is 12.4. The second-order valence-corrected chi connectivity index (χ2v) is 6.26. The topological polar surface area (TPSA) is 86.7 Å². The quantitative estimate of drug-likeness (QED) is 0.802. The van der Waals surface area contributed by atoms with Crippen LogP contribution in [0.5, 0.6) is 0 Å². The van der Waals surface area contributed by atoms with Crippen LogP contribution in [0, 0.1) is 0 Å². The Kier molecular flexibility index (Phi) is 3.89. The lowest BCUT2D eigenvalue weighted by Crippen LogP contribution is -2.48. The van der Waals surface area contributed by atoms with Crippen molar-refractivity contribution in [1.29, 1.82) is 0 Å². The molecule has 114 valence electrons. The molecule has 6 nitrogen and oxygen atoms in total. The third-order valence-electron chi connectivity index (χ3n) is 3.57. The molecular weight excluding hydrogens is 304 g/mol. The first kappa shape index (κ1) is 14.6. The molecule has 0 aliphatic carbocycles. The van der Waals surface area contributed by atoms with Crippen LogP contribution in [0.15, 0.2) is 40.9 Å². The van der Waals surface area contributed by atoms with E-state index in [-0.39, 0.29) is 22.9 Å². The number of carboxylic acids is 1. The van der Waals surface area contributed by atoms with Crippen LogP contribution in [0.1, 0.15) is 23.2 Å². The van der Waals surface area contributed by atoms with Crippen LogP contribution in [-0.4, -0.2) is 39.7 Å². The summed E-state index contributed by atoms with van der Waals surface area (Å²) in [7, 11) is 0. The van der Waals surface area contributed by atoms with Crippen molar-refractivity contribution >= 4 is 29.5 Å². The standard InChI is InChI=1S/C15H14N2O4S/c18-11-8-12-17(11)13(15(20)21)10(22-12)6-7-16-14(19)9-4-2-1-3-5-9/h1-5,12H,6-8H2,(H,16,19)(H,20,21)/t12-/m1/s1. The van der Waals surface area contributed by atoms with Gasteiger partial charge in [-0.05, 0) is 18.6 Å². The highest BCUT2D eigenvalue weighted by molar-refractivity contribution is 8.04. The molecule has 2 heterocycles. The van der Waals surface area contributed by atoms with Crippen molar-refractivity contribution in [1.82, 2.24) is 10.2 Å². The van der Waals surface area contributed by atoms with Gasteiger partial charge in [0.1, 0.15) is 5.70 Å². The van der Waals surface area contributed by atoms with Gasteiger partial charge in [-0.2, -0.15) is 0 Å². The number of aliphatic carboxylic acids is 1. The number of carboxylic acid groups (broad SMARTS) is 1. The maximum atomic E-state index is 11.9. The fourth-order valence-corrected chi connectivity index (χ4v) is 3.89. The van der Waals surface area contributed by atoms with Crippen LogP contribution in [0.25, 0.3) is 0 Å². The summed E-state index contributed by atoms with van der Waals surface area (Å²) >= 11 is 1.40. The SMILES string of the molecule is O=C(O)C1=C(CCNC(=O)c2ccccc2)S[C@@H]2CC(=O)N12. The Bertz CT molecular complexity index is 671. The van der Waals surface area contributed by atoms with Gasteiger partial charge in [-0.3, -0.25) is 14.5 Å². The second kappa shape index (κ2) is 5.84. The van der Waals surface area contributed by atoms with Crippen molar-refractivity contribution in [2.45, 2.75) is 18.2 Å². The summed E-state index contributed by atoms with van der Waals surface area (Å²) in [4.78, 5) is 36.7. The fraction of sp³-hybridized carbons (Fsp3) is 0.267. The lowest BCUT2D eigenvalue weighted by molar-refractivity contribution is -0.145. The number of β-lactam (4-membered cyclic amide) rings is 1. The first-order valence-corrected chi connectivity index (χ1v) is 7.74. The zero-order valence-electron chi connectivity index (χ0n) is 11.6. The van der Waals surface area contributed by atoms with Crippen LogP contribution in [0.3, 0.4) is 0 Å². The Morgan fingerprint density at radius 3 is 2.68 bits per heavy atom. The number of hydrogen-bond donors (Lipinski definition) is 2. The average Bonchev–Trinajstić information content (AvgIpc) is 2.80. The van der Waals surface area contributed by atoms with E-state index in [4.69, 9.17) is 0 Å². The number of fused-ring (bicyclic) bond motifs is 1. The first-order valence-electron chi connectivity index (χ1n) is 6.86. The number of nitrogens with zero attached hydrogens (tertiary/aromatic N) is 1. The maximum absolute atomic E-state index is 11.9. The summed E-state index contributed by atoms with van der Waals surface area (Å²) in [5.41, 5.74) is 0.633. The minimum atomic E-state index is -1.09. The predicted octanol–water partition coefficient (Wildman–Crippen LogP) is 1.41. The Hall–Kier alpha value is -2.28. The van der Waals surface area contributed by atoms with Crippen molar-refractivity contribution in [3.63, 3.8) is 0 Å². The number of carbonyl (C=O) groups excluding carboxylic acids is 2. The molecule has 0 aromatic heterocycles. The van der Waals surface area contributed by atoms with E-state index in [2.05, 4.69) is 5.32 Å². The summed E-state index contributed by atoms with van der Waals surface area (Å²) in [6.07, 6.45) is 0.784. The van der Waals surface area contributed by atoms with E-state index < -0.39 is 5.97 Å². The molecule has 2 aliphatic heterocycles. The first-order chi connectivity index (χ1) is 10.6. The summed E-state index contributed by atoms with van der Waals surface area (Å²) in [5.74, 6) is -1.44. The smallest absolute Gasteiger partial charge is 0.353 e. The highest BCUT2D eigenvalue weighted by atomic mass is 32.2. The van der Waals surface area contributed by atoms with Gasteiger partial charge < -0.3 is 10.4 Å². The molecule has 1 fully saturated rings. The van der Waals surface area contributed by atoms with Gasteiger partial charge in [-0.1, -0.05) is 18.2 Å². The number of hydrogen-bond acceptors (Lipinski definition) is 4. The van der Waals surface area contributed by atoms with Gasteiger partial charge in [0.05, 0.1) is 11.8 Å². The van der Waals surface area contributed by atoms with Gasteiger partial charge >= 0.3 is 5.97 Å². The van der Waals surface area contributed by atoms with Crippen LogP contribution >= 0.6 is 11.8 Å². The Labute approximate surface area is 131 Å². The van der Waals surface area contributed by atoms with Crippen molar-refractivity contribution in [3.05, 3.63) is 46.5 Å². The van der Waals surface area contributed by atoms with Gasteiger partial charge in [-0.25, -0.2) is 4.79 Å². The predicted molar refractivity (Wildman–Crippen MR) is 80.9 cm³/mol. The lowest BCUT2D eigenvalue weighted by Gasteiger charge is -2.33. The van der Waals surface area contributed by atoms with E-state index in [1.54, 1.807) is 24.3 Å². The molecule has 0 radical (unpaired) electrons. The van der Waals surface area contributed by atoms with E-state index in [1.165, 1.54) is 16.7 Å². The molecule has 0 spiro atoms. The van der Waals surface area contributed by atoms with E-state index >= 15 is 0 Å². The highest BCUT2D eigenvalue weighted by Gasteiger charge is 2.47. The van der Waals surface area contributed by atoms with Gasteiger partial charge in [0.2, 0.25) is 5.91 Å². The number of thioether (sulfide) groups is 1. The van der Waals surface area contributed by atoms with Crippen LogP contribution < -0.4 is 5.32 Å². The van der Waals surface area contributed by atoms with Gasteiger partial charge in [0.15, 0.2) is 0 Å². The maximum Gasteiger partial charge on any atom is 0.353 e. The monoisotopic (exact) mass is 318 g/mol. The largest absolute Gasteiger partial charge is 0.477 e. The lowest BCUT2D eigenvalue weighted by atomic mass is 10.1. The summed E-state index contributed by atoms with van der Waals surface area (Å²) in [5, 5.41) is 11.9. The normalized spacial score (nSPS) is 19.7. The van der Waals surface area contributed by atoms with Crippen molar-refractivity contribution < 1.29 is 19.5 Å². The van der Waals surface area contributed by atoms with Crippen molar-refractivity contribution in [2.75, 3.05) is 6.54 Å². The molecule has 1 saturated heterocycles. The molecule has 2 amide bonds. The Morgan fingerprint density at radius 1 is 1.32 bits per heavy atom. The van der Waals surface area contributed by atoms with E-state index in [0.717, 1.165) is 0 Å². The number of nitrogens with one attached hydrogen (secondary N) is 1. The zero-order chi connectivity index (χ0) is 15.7. The third-order valence-corrected chi connectivity index (χ3v) is 4.90. The van der Waals surface area contributed by atoms with Gasteiger partial charge in [0.25, 0.3) is 5.91 Å². The molecule has 22 heavy (non-hydrogen) atoms. The van der Waals surface area contributed by atoms with Gasteiger partial charge in [0, 0.05) is 17.0 Å².